The second-order valence-corrected chi connectivity index (χ2v) is 17.4. The predicted molar refractivity (Wildman–Crippen MR) is 168 cm³/mol. The van der Waals surface area contributed by atoms with Crippen LogP contribution >= 0.6 is 0 Å². The molecular weight excluding hydrogens is 575 g/mol. The van der Waals surface area contributed by atoms with Crippen molar-refractivity contribution in [1.82, 2.24) is 0 Å². The van der Waals surface area contributed by atoms with Gasteiger partial charge in [-0.05, 0) is 0 Å². The first-order valence-corrected chi connectivity index (χ1v) is 17.7. The molecule has 0 N–H and O–H groups in total. The van der Waals surface area contributed by atoms with Crippen LogP contribution in [0.3, 0.4) is 0 Å². The Kier molecular flexibility index (Phi) is 11.1. The summed E-state index contributed by atoms with van der Waals surface area (Å²) in [4.78, 5) is 0. The average Bonchev–Trinajstić information content (AvgIpc) is 3.39. The minimum atomic E-state index is -2.03. The van der Waals surface area contributed by atoms with Crippen LogP contribution in [-0.4, -0.2) is 0 Å². The Morgan fingerprint density at radius 1 is 0.537 bits per heavy atom. The van der Waals surface area contributed by atoms with Gasteiger partial charge in [0, 0.05) is 0 Å². The van der Waals surface area contributed by atoms with Crippen LogP contribution in [0.2, 0.25) is 0 Å². The number of hydrogen-bond donors (Lipinski definition) is 0. The average molecular weight is 623 g/mol. The zero-order valence-electron chi connectivity index (χ0n) is 26.6. The Morgan fingerprint density at radius 3 is 1.27 bits per heavy atom. The number of rotatable bonds is 7. The third-order valence-electron chi connectivity index (χ3n) is 9.12. The summed E-state index contributed by atoms with van der Waals surface area (Å²) in [5.41, 5.74) is 15.5. The summed E-state index contributed by atoms with van der Waals surface area (Å²) in [7, 11) is 0. The molecule has 0 amide bonds. The van der Waals surface area contributed by atoms with Crippen molar-refractivity contribution in [2.45, 2.75) is 101 Å². The first-order valence-electron chi connectivity index (χ1n) is 15.1. The molecule has 0 fully saturated rings. The van der Waals surface area contributed by atoms with Gasteiger partial charge in [-0.15, -0.1) is 0 Å². The molecule has 0 radical (unpaired) electrons. The van der Waals surface area contributed by atoms with Crippen molar-refractivity contribution in [1.29, 1.82) is 0 Å². The van der Waals surface area contributed by atoms with Crippen molar-refractivity contribution in [3.63, 3.8) is 0 Å². The first kappa shape index (κ1) is 33.9. The SMILES string of the molecule is CC1=Cc2c(C(C)C)cc(C(C)C)cc2[CH]1[Ti+2]([c]1ccccc1)[CH]1C(C)=Cc2c(C(C)C)cc(C(C)C)cc21.[Cl-].[Cl-]. The molecule has 2 atom stereocenters. The van der Waals surface area contributed by atoms with E-state index in [9.17, 15) is 0 Å². The van der Waals surface area contributed by atoms with E-state index in [1.54, 1.807) is 26.1 Å². The molecule has 0 spiro atoms. The third-order valence-corrected chi connectivity index (χ3v) is 15.0. The van der Waals surface area contributed by atoms with Gasteiger partial charge in [0.15, 0.2) is 0 Å². The van der Waals surface area contributed by atoms with E-state index in [1.807, 2.05) is 0 Å². The fourth-order valence-electron chi connectivity index (χ4n) is 6.95. The zero-order valence-corrected chi connectivity index (χ0v) is 29.6. The summed E-state index contributed by atoms with van der Waals surface area (Å²) in [6.45, 7) is 23.7. The zero-order chi connectivity index (χ0) is 28.2. The maximum atomic E-state index is 2.60. The van der Waals surface area contributed by atoms with E-state index in [0.717, 1.165) is 0 Å². The maximum absolute atomic E-state index is 2.60. The largest absolute Gasteiger partial charge is 1.00 e. The first-order chi connectivity index (χ1) is 18.5. The molecule has 3 aromatic carbocycles. The Hall–Kier alpha value is -1.57. The van der Waals surface area contributed by atoms with Gasteiger partial charge in [-0.25, -0.2) is 0 Å². The smallest absolute Gasteiger partial charge is 1.00 e. The molecule has 0 heterocycles. The van der Waals surface area contributed by atoms with Gasteiger partial charge in [0.1, 0.15) is 0 Å². The van der Waals surface area contributed by atoms with Crippen molar-refractivity contribution in [3.8, 4) is 0 Å². The standard InChI is InChI=1S/2C16H21.C6H5.2ClH.Ti/c2*1-10(2)13-8-14-6-12(5)7-16(14)15(9-13)11(3)4;1-2-4-6-5-3-1;;;/h2*6-11H,1-5H3;1-5H;2*1H;/q;;;;;+2/p-2. The molecule has 3 heteroatoms. The van der Waals surface area contributed by atoms with Crippen LogP contribution in [0.5, 0.6) is 0 Å². The normalized spacial score (nSPS) is 17.3. The molecule has 5 rings (SSSR count). The van der Waals surface area contributed by atoms with E-state index in [-0.39, 0.29) is 24.8 Å². The minimum absolute atomic E-state index is 0. The fraction of sp³-hybridized carbons (Fsp3) is 0.421. The molecule has 2 aliphatic carbocycles. The topological polar surface area (TPSA) is 0 Å². The Labute approximate surface area is 268 Å². The van der Waals surface area contributed by atoms with Crippen LogP contribution in [0.4, 0.5) is 0 Å². The van der Waals surface area contributed by atoms with Gasteiger partial charge in [-0.1, -0.05) is 0 Å². The van der Waals surface area contributed by atoms with Crippen molar-refractivity contribution < 1.29 is 42.7 Å². The van der Waals surface area contributed by atoms with Gasteiger partial charge in [-0.2, -0.15) is 0 Å². The van der Waals surface area contributed by atoms with Gasteiger partial charge in [0.05, 0.1) is 0 Å². The molecular formula is C38H47Cl2Ti. The van der Waals surface area contributed by atoms with E-state index in [2.05, 4.69) is 136 Å². The number of allylic oxidation sites excluding steroid dienone is 2. The molecule has 0 bridgehead atoms. The fourth-order valence-corrected chi connectivity index (χ4v) is 13.0. The maximum Gasteiger partial charge on any atom is -1.00 e. The summed E-state index contributed by atoms with van der Waals surface area (Å²) < 4.78 is 2.68. The molecule has 0 saturated heterocycles. The van der Waals surface area contributed by atoms with Gasteiger partial charge in [-0.3, -0.25) is 0 Å². The summed E-state index contributed by atoms with van der Waals surface area (Å²) in [5.74, 6) is 2.11. The molecule has 2 aliphatic rings. The number of halogens is 2. The summed E-state index contributed by atoms with van der Waals surface area (Å²) >= 11 is -2.03. The molecule has 0 aliphatic heterocycles. The van der Waals surface area contributed by atoms with E-state index < -0.39 is 17.9 Å². The van der Waals surface area contributed by atoms with Gasteiger partial charge < -0.3 is 24.8 Å². The molecule has 3 aromatic rings. The monoisotopic (exact) mass is 621 g/mol. The quantitative estimate of drug-likeness (QED) is 0.334. The van der Waals surface area contributed by atoms with Crippen molar-refractivity contribution in [3.05, 3.63) is 110 Å². The van der Waals surface area contributed by atoms with Crippen molar-refractivity contribution in [2.24, 2.45) is 0 Å². The molecule has 0 nitrogen and oxygen atoms in total. The summed E-state index contributed by atoms with van der Waals surface area (Å²) in [5, 5.41) is 0. The van der Waals surface area contributed by atoms with Crippen LogP contribution in [-0.2, 0) is 17.9 Å². The van der Waals surface area contributed by atoms with E-state index in [1.165, 1.54) is 33.4 Å². The van der Waals surface area contributed by atoms with Gasteiger partial charge >= 0.3 is 245 Å². The van der Waals surface area contributed by atoms with E-state index in [0.29, 0.717) is 32.1 Å². The Balaban J connectivity index is 0.00000231. The number of benzene rings is 3. The van der Waals surface area contributed by atoms with Crippen LogP contribution in [0.25, 0.3) is 12.2 Å². The minimum Gasteiger partial charge on any atom is -1.00 e. The molecule has 41 heavy (non-hydrogen) atoms. The molecule has 0 saturated carbocycles. The van der Waals surface area contributed by atoms with Crippen LogP contribution < -0.4 is 28.7 Å². The van der Waals surface area contributed by atoms with Gasteiger partial charge in [0.2, 0.25) is 0 Å². The molecule has 217 valence electrons. The Bertz CT molecular complexity index is 1350. The third kappa shape index (κ3) is 6.24. The van der Waals surface area contributed by atoms with E-state index >= 15 is 0 Å². The molecule has 0 aromatic heterocycles. The van der Waals surface area contributed by atoms with Crippen LogP contribution in [0, 0.1) is 0 Å². The van der Waals surface area contributed by atoms with E-state index in [4.69, 9.17) is 0 Å². The second kappa shape index (κ2) is 13.4. The summed E-state index contributed by atoms with van der Waals surface area (Å²) in [6.07, 6.45) is 5.13. The summed E-state index contributed by atoms with van der Waals surface area (Å²) in [6, 6.07) is 21.9. The number of hydrogen-bond acceptors (Lipinski definition) is 0. The predicted octanol–water partition coefficient (Wildman–Crippen LogP) is 4.75. The van der Waals surface area contributed by atoms with Gasteiger partial charge in [0.25, 0.3) is 0 Å². The van der Waals surface area contributed by atoms with Crippen LogP contribution in [0.15, 0.2) is 65.7 Å². The number of fused-ring (bicyclic) bond motifs is 2. The Morgan fingerprint density at radius 2 is 0.927 bits per heavy atom. The van der Waals surface area contributed by atoms with Crippen LogP contribution in [0.1, 0.15) is 146 Å². The molecule has 2 unspecified atom stereocenters. The van der Waals surface area contributed by atoms with Crippen molar-refractivity contribution in [2.75, 3.05) is 0 Å². The van der Waals surface area contributed by atoms with Crippen molar-refractivity contribution >= 4 is 16.0 Å². The second-order valence-electron chi connectivity index (χ2n) is 13.3.